The van der Waals surface area contributed by atoms with Crippen LogP contribution in [0.25, 0.3) is 6.08 Å². The highest BCUT2D eigenvalue weighted by atomic mass is 16.4. The number of imide groups is 1. The molecule has 2 aromatic rings. The molecule has 0 aliphatic carbocycles. The Hall–Kier alpha value is -3.25. The van der Waals surface area contributed by atoms with Crippen molar-refractivity contribution in [3.05, 3.63) is 77.9 Å². The Labute approximate surface area is 187 Å². The van der Waals surface area contributed by atoms with E-state index in [2.05, 4.69) is 5.32 Å². The van der Waals surface area contributed by atoms with Crippen LogP contribution >= 0.6 is 0 Å². The summed E-state index contributed by atoms with van der Waals surface area (Å²) < 4.78 is 0. The van der Waals surface area contributed by atoms with Crippen molar-refractivity contribution in [2.75, 3.05) is 6.54 Å². The second-order valence-corrected chi connectivity index (χ2v) is 8.56. The fourth-order valence-electron chi connectivity index (χ4n) is 4.94. The quantitative estimate of drug-likeness (QED) is 0.626. The maximum Gasteiger partial charge on any atom is 0.325 e. The molecule has 2 amide bonds. The van der Waals surface area contributed by atoms with E-state index in [0.29, 0.717) is 13.0 Å². The van der Waals surface area contributed by atoms with E-state index < -0.39 is 29.4 Å². The van der Waals surface area contributed by atoms with E-state index in [4.69, 9.17) is 0 Å². The molecule has 0 aromatic heterocycles. The molecule has 4 atom stereocenters. The van der Waals surface area contributed by atoms with Gasteiger partial charge in [-0.05, 0) is 17.5 Å². The van der Waals surface area contributed by atoms with Crippen molar-refractivity contribution in [1.82, 2.24) is 10.2 Å². The lowest BCUT2D eigenvalue weighted by Gasteiger charge is -2.31. The molecule has 0 radical (unpaired) electrons. The standard InChI is InChI=1S/C26H28N2O4/c1-2-3-16-28-23(29)21-20(15-14-18-10-6-4-7-11-18)27-26(25(31)32,22(21)24(28)30)17-19-12-8-5-9-13-19/h4-15,20-22,27H,2-3,16-17H2,1H3,(H,31,32)/b15-14+. The van der Waals surface area contributed by atoms with Crippen molar-refractivity contribution in [2.24, 2.45) is 11.8 Å². The van der Waals surface area contributed by atoms with Crippen molar-refractivity contribution in [3.8, 4) is 0 Å². The summed E-state index contributed by atoms with van der Waals surface area (Å²) in [6, 6.07) is 18.3. The summed E-state index contributed by atoms with van der Waals surface area (Å²) in [5.41, 5.74) is 0.202. The molecule has 0 bridgehead atoms. The van der Waals surface area contributed by atoms with Crippen LogP contribution < -0.4 is 5.32 Å². The third-order valence-corrected chi connectivity index (χ3v) is 6.52. The highest BCUT2D eigenvalue weighted by Gasteiger charge is 2.67. The van der Waals surface area contributed by atoms with Crippen molar-refractivity contribution in [3.63, 3.8) is 0 Å². The fraction of sp³-hybridized carbons (Fsp3) is 0.346. The number of likely N-dealkylation sites (tertiary alicyclic amines) is 1. The Morgan fingerprint density at radius 2 is 1.72 bits per heavy atom. The molecule has 2 N–H and O–H groups in total. The van der Waals surface area contributed by atoms with Crippen LogP contribution in [-0.4, -0.2) is 45.9 Å². The smallest absolute Gasteiger partial charge is 0.325 e. The van der Waals surface area contributed by atoms with Gasteiger partial charge in [-0.15, -0.1) is 0 Å². The molecule has 166 valence electrons. The lowest BCUT2D eigenvalue weighted by atomic mass is 9.76. The summed E-state index contributed by atoms with van der Waals surface area (Å²) in [5, 5.41) is 13.6. The van der Waals surface area contributed by atoms with Crippen LogP contribution in [0.15, 0.2) is 66.7 Å². The largest absolute Gasteiger partial charge is 0.480 e. The number of carbonyl (C=O) groups is 3. The van der Waals surface area contributed by atoms with E-state index in [1.165, 1.54) is 4.90 Å². The zero-order valence-corrected chi connectivity index (χ0v) is 18.1. The predicted molar refractivity (Wildman–Crippen MR) is 122 cm³/mol. The minimum Gasteiger partial charge on any atom is -0.480 e. The number of rotatable bonds is 8. The molecule has 6 heteroatoms. The van der Waals surface area contributed by atoms with Gasteiger partial charge in [0.15, 0.2) is 0 Å². The first-order valence-electron chi connectivity index (χ1n) is 11.1. The molecule has 2 aliphatic rings. The lowest BCUT2D eigenvalue weighted by Crippen LogP contribution is -2.58. The van der Waals surface area contributed by atoms with Gasteiger partial charge in [-0.2, -0.15) is 0 Å². The number of unbranched alkanes of at least 4 members (excludes halogenated alkanes) is 1. The third-order valence-electron chi connectivity index (χ3n) is 6.52. The summed E-state index contributed by atoms with van der Waals surface area (Å²) in [7, 11) is 0. The van der Waals surface area contributed by atoms with Crippen LogP contribution in [0.5, 0.6) is 0 Å². The SMILES string of the molecule is CCCCN1C(=O)C2C(/C=C/c3ccccc3)NC(Cc3ccccc3)(C(=O)O)C2C1=O. The van der Waals surface area contributed by atoms with Gasteiger partial charge in [-0.25, -0.2) is 0 Å². The van der Waals surface area contributed by atoms with Gasteiger partial charge < -0.3 is 5.11 Å². The number of benzene rings is 2. The van der Waals surface area contributed by atoms with Gasteiger partial charge in [0.05, 0.1) is 11.8 Å². The molecule has 4 unspecified atom stereocenters. The van der Waals surface area contributed by atoms with E-state index >= 15 is 0 Å². The number of hydrogen-bond donors (Lipinski definition) is 2. The number of fused-ring (bicyclic) bond motifs is 1. The van der Waals surface area contributed by atoms with Gasteiger partial charge in [0.25, 0.3) is 0 Å². The lowest BCUT2D eigenvalue weighted by molar-refractivity contribution is -0.151. The van der Waals surface area contributed by atoms with Gasteiger partial charge >= 0.3 is 5.97 Å². The summed E-state index contributed by atoms with van der Waals surface area (Å²) in [6.07, 6.45) is 5.38. The van der Waals surface area contributed by atoms with E-state index in [1.54, 1.807) is 0 Å². The van der Waals surface area contributed by atoms with Crippen LogP contribution in [0.1, 0.15) is 30.9 Å². The van der Waals surface area contributed by atoms with Crippen LogP contribution in [0.2, 0.25) is 0 Å². The summed E-state index contributed by atoms with van der Waals surface area (Å²) >= 11 is 0. The Balaban J connectivity index is 1.74. The van der Waals surface area contributed by atoms with E-state index in [0.717, 1.165) is 17.5 Å². The molecular weight excluding hydrogens is 404 g/mol. The molecule has 2 aromatic carbocycles. The van der Waals surface area contributed by atoms with Crippen LogP contribution in [0, 0.1) is 11.8 Å². The minimum absolute atomic E-state index is 0.126. The van der Waals surface area contributed by atoms with Gasteiger partial charge in [0, 0.05) is 19.0 Å². The Morgan fingerprint density at radius 1 is 1.06 bits per heavy atom. The first-order chi connectivity index (χ1) is 15.5. The molecule has 0 spiro atoms. The van der Waals surface area contributed by atoms with Gasteiger partial charge in [0.2, 0.25) is 11.8 Å². The number of carboxylic acid groups (broad SMARTS) is 1. The molecule has 2 fully saturated rings. The van der Waals surface area contributed by atoms with Crippen LogP contribution in [-0.2, 0) is 20.8 Å². The van der Waals surface area contributed by atoms with Crippen molar-refractivity contribution < 1.29 is 19.5 Å². The number of carbonyl (C=O) groups excluding carboxylic acids is 2. The van der Waals surface area contributed by atoms with E-state index in [9.17, 15) is 19.5 Å². The Morgan fingerprint density at radius 3 is 2.34 bits per heavy atom. The number of aliphatic carboxylic acids is 1. The minimum atomic E-state index is -1.55. The normalized spacial score (nSPS) is 27.3. The van der Waals surface area contributed by atoms with Crippen molar-refractivity contribution in [2.45, 2.75) is 37.8 Å². The van der Waals surface area contributed by atoms with Crippen LogP contribution in [0.4, 0.5) is 0 Å². The zero-order chi connectivity index (χ0) is 22.7. The zero-order valence-electron chi connectivity index (χ0n) is 18.1. The van der Waals surface area contributed by atoms with Gasteiger partial charge in [0.1, 0.15) is 5.54 Å². The molecular formula is C26H28N2O4. The number of hydrogen-bond acceptors (Lipinski definition) is 4. The van der Waals surface area contributed by atoms with Crippen molar-refractivity contribution >= 4 is 23.9 Å². The maximum atomic E-state index is 13.4. The van der Waals surface area contributed by atoms with Crippen LogP contribution in [0.3, 0.4) is 0 Å². The summed E-state index contributed by atoms with van der Waals surface area (Å²) in [5.74, 6) is -3.45. The first kappa shape index (κ1) is 22.0. The predicted octanol–water partition coefficient (Wildman–Crippen LogP) is 3.14. The molecule has 2 heterocycles. The molecule has 6 nitrogen and oxygen atoms in total. The average molecular weight is 433 g/mol. The highest BCUT2D eigenvalue weighted by Crippen LogP contribution is 2.45. The molecule has 32 heavy (non-hydrogen) atoms. The third kappa shape index (κ3) is 3.86. The molecule has 2 aliphatic heterocycles. The second-order valence-electron chi connectivity index (χ2n) is 8.56. The number of nitrogens with one attached hydrogen (secondary N) is 1. The summed E-state index contributed by atoms with van der Waals surface area (Å²) in [4.78, 5) is 40.7. The molecule has 2 saturated heterocycles. The van der Waals surface area contributed by atoms with Gasteiger partial charge in [-0.1, -0.05) is 86.2 Å². The topological polar surface area (TPSA) is 86.7 Å². The number of nitrogens with zero attached hydrogens (tertiary/aromatic N) is 1. The Bertz CT molecular complexity index is 1020. The highest BCUT2D eigenvalue weighted by molar-refractivity contribution is 6.09. The van der Waals surface area contributed by atoms with Crippen molar-refractivity contribution in [1.29, 1.82) is 0 Å². The Kier molecular flexibility index (Phi) is 6.24. The fourth-order valence-corrected chi connectivity index (χ4v) is 4.94. The maximum absolute atomic E-state index is 13.4. The van der Waals surface area contributed by atoms with E-state index in [-0.39, 0.29) is 18.2 Å². The molecule has 4 rings (SSSR count). The summed E-state index contributed by atoms with van der Waals surface area (Å²) in [6.45, 7) is 2.33. The average Bonchev–Trinajstić information content (AvgIpc) is 3.26. The van der Waals surface area contributed by atoms with E-state index in [1.807, 2.05) is 79.7 Å². The van der Waals surface area contributed by atoms with Gasteiger partial charge in [-0.3, -0.25) is 24.6 Å². The number of amides is 2. The second kappa shape index (κ2) is 9.09. The monoisotopic (exact) mass is 432 g/mol. The molecule has 0 saturated carbocycles. The number of carboxylic acids is 1. The first-order valence-corrected chi connectivity index (χ1v) is 11.1.